The Morgan fingerprint density at radius 1 is 1.11 bits per heavy atom. The first-order valence-electron chi connectivity index (χ1n) is 8.87. The monoisotopic (exact) mass is 399 g/mol. The number of anilines is 1. The highest BCUT2D eigenvalue weighted by atomic mass is 32.2. The number of sulfonamides is 1. The van der Waals surface area contributed by atoms with E-state index in [9.17, 15) is 13.2 Å². The Bertz CT molecular complexity index is 1000. The Balaban J connectivity index is 1.77. The minimum Gasteiger partial charge on any atom is -0.373 e. The molecule has 0 radical (unpaired) electrons. The van der Waals surface area contributed by atoms with Crippen LogP contribution in [0.15, 0.2) is 53.4 Å². The lowest BCUT2D eigenvalue weighted by Gasteiger charge is -2.34. The van der Waals surface area contributed by atoms with Crippen LogP contribution in [0.1, 0.15) is 29.8 Å². The lowest BCUT2D eigenvalue weighted by Crippen LogP contribution is -2.48. The predicted molar refractivity (Wildman–Crippen MR) is 104 cm³/mol. The lowest BCUT2D eigenvalue weighted by molar-refractivity contribution is -0.0440. The van der Waals surface area contributed by atoms with Gasteiger partial charge in [0.1, 0.15) is 6.07 Å². The third-order valence-corrected chi connectivity index (χ3v) is 6.28. The average molecular weight is 399 g/mol. The number of carbonyl (C=O) groups excluding carboxylic acids is 1. The van der Waals surface area contributed by atoms with Crippen molar-refractivity contribution in [1.82, 2.24) is 4.31 Å². The predicted octanol–water partition coefficient (Wildman–Crippen LogP) is 2.61. The molecule has 7 nitrogen and oxygen atoms in total. The summed E-state index contributed by atoms with van der Waals surface area (Å²) in [6, 6.07) is 14.5. The molecule has 28 heavy (non-hydrogen) atoms. The molecule has 1 amide bonds. The number of amides is 1. The van der Waals surface area contributed by atoms with E-state index in [1.54, 1.807) is 24.3 Å². The van der Waals surface area contributed by atoms with Gasteiger partial charge in [-0.1, -0.05) is 12.1 Å². The van der Waals surface area contributed by atoms with Crippen molar-refractivity contribution in [3.05, 3.63) is 59.7 Å². The van der Waals surface area contributed by atoms with E-state index in [2.05, 4.69) is 5.32 Å². The second kappa shape index (κ2) is 8.10. The SMILES string of the molecule is C[C@@H]1CN(S(=O)(=O)c2ccc(C(=O)Nc3ccccc3C#N)cc2)C[C@@H](C)O1. The summed E-state index contributed by atoms with van der Waals surface area (Å²) >= 11 is 0. The topological polar surface area (TPSA) is 99.5 Å². The number of nitrogens with one attached hydrogen (secondary N) is 1. The Labute approximate surface area is 164 Å². The Kier molecular flexibility index (Phi) is 5.79. The summed E-state index contributed by atoms with van der Waals surface area (Å²) in [5.74, 6) is -0.416. The van der Waals surface area contributed by atoms with Crippen LogP contribution >= 0.6 is 0 Å². The molecule has 3 rings (SSSR count). The molecule has 0 aromatic heterocycles. The third kappa shape index (κ3) is 4.22. The van der Waals surface area contributed by atoms with Gasteiger partial charge in [-0.15, -0.1) is 0 Å². The van der Waals surface area contributed by atoms with Crippen molar-refractivity contribution in [2.24, 2.45) is 0 Å². The van der Waals surface area contributed by atoms with E-state index in [0.29, 0.717) is 29.9 Å². The van der Waals surface area contributed by atoms with Gasteiger partial charge in [-0.3, -0.25) is 4.79 Å². The number of hydrogen-bond acceptors (Lipinski definition) is 5. The average Bonchev–Trinajstić information content (AvgIpc) is 2.67. The van der Waals surface area contributed by atoms with Gasteiger partial charge < -0.3 is 10.1 Å². The van der Waals surface area contributed by atoms with Crippen LogP contribution < -0.4 is 5.32 Å². The van der Waals surface area contributed by atoms with E-state index in [0.717, 1.165) is 0 Å². The van der Waals surface area contributed by atoms with Crippen molar-refractivity contribution in [1.29, 1.82) is 5.26 Å². The molecule has 1 saturated heterocycles. The molecular formula is C20H21N3O4S. The summed E-state index contributed by atoms with van der Waals surface area (Å²) in [7, 11) is -3.66. The molecule has 0 unspecified atom stereocenters. The van der Waals surface area contributed by atoms with Gasteiger partial charge in [0, 0.05) is 18.7 Å². The van der Waals surface area contributed by atoms with Gasteiger partial charge in [0.15, 0.2) is 0 Å². The molecule has 0 saturated carbocycles. The first-order chi connectivity index (χ1) is 13.3. The standard InChI is InChI=1S/C20H21N3O4S/c1-14-12-23(13-15(2)27-14)28(25,26)18-9-7-16(8-10-18)20(24)22-19-6-4-3-5-17(19)11-21/h3-10,14-15H,12-13H2,1-2H3,(H,22,24)/t14-,15-/m1/s1. The molecule has 2 aromatic carbocycles. The van der Waals surface area contributed by atoms with Crippen molar-refractivity contribution in [3.8, 4) is 6.07 Å². The summed E-state index contributed by atoms with van der Waals surface area (Å²) < 4.78 is 32.7. The molecule has 1 heterocycles. The van der Waals surface area contributed by atoms with Crippen LogP contribution in [0.4, 0.5) is 5.69 Å². The van der Waals surface area contributed by atoms with Gasteiger partial charge in [-0.05, 0) is 50.2 Å². The summed E-state index contributed by atoms with van der Waals surface area (Å²) in [5.41, 5.74) is 1.06. The van der Waals surface area contributed by atoms with Crippen LogP contribution in [0.25, 0.3) is 0 Å². The highest BCUT2D eigenvalue weighted by molar-refractivity contribution is 7.89. The van der Waals surface area contributed by atoms with Crippen LogP contribution in [0.3, 0.4) is 0 Å². The molecule has 0 aliphatic carbocycles. The van der Waals surface area contributed by atoms with Crippen molar-refractivity contribution >= 4 is 21.6 Å². The van der Waals surface area contributed by atoms with Crippen molar-refractivity contribution in [3.63, 3.8) is 0 Å². The number of nitrogens with zero attached hydrogens (tertiary/aromatic N) is 2. The summed E-state index contributed by atoms with van der Waals surface area (Å²) in [6.07, 6.45) is -0.354. The normalized spacial score (nSPS) is 20.3. The molecule has 1 aliphatic rings. The molecule has 1 N–H and O–H groups in total. The number of nitriles is 1. The lowest BCUT2D eigenvalue weighted by atomic mass is 10.1. The van der Waals surface area contributed by atoms with Gasteiger partial charge in [0.05, 0.1) is 28.4 Å². The quantitative estimate of drug-likeness (QED) is 0.852. The largest absolute Gasteiger partial charge is 0.373 e. The first kappa shape index (κ1) is 20.0. The van der Waals surface area contributed by atoms with Crippen LogP contribution in [0.2, 0.25) is 0 Å². The smallest absolute Gasteiger partial charge is 0.255 e. The fourth-order valence-electron chi connectivity index (χ4n) is 3.14. The summed E-state index contributed by atoms with van der Waals surface area (Å²) in [6.45, 7) is 4.26. The molecule has 8 heteroatoms. The number of carbonyl (C=O) groups is 1. The van der Waals surface area contributed by atoms with Crippen LogP contribution in [-0.2, 0) is 14.8 Å². The number of para-hydroxylation sites is 1. The van der Waals surface area contributed by atoms with Crippen LogP contribution in [-0.4, -0.2) is 43.9 Å². The van der Waals surface area contributed by atoms with Gasteiger partial charge >= 0.3 is 0 Å². The maximum Gasteiger partial charge on any atom is 0.255 e. The third-order valence-electron chi connectivity index (χ3n) is 4.44. The summed E-state index contributed by atoms with van der Waals surface area (Å²) in [5, 5.41) is 11.8. The van der Waals surface area contributed by atoms with Gasteiger partial charge in [-0.2, -0.15) is 9.57 Å². The first-order valence-corrected chi connectivity index (χ1v) is 10.3. The molecule has 0 bridgehead atoms. The Hall–Kier alpha value is -2.73. The molecule has 2 atom stereocenters. The van der Waals surface area contributed by atoms with Crippen molar-refractivity contribution < 1.29 is 17.9 Å². The number of morpholine rings is 1. The van der Waals surface area contributed by atoms with Crippen LogP contribution in [0, 0.1) is 11.3 Å². The fourth-order valence-corrected chi connectivity index (χ4v) is 4.73. The van der Waals surface area contributed by atoms with Crippen molar-refractivity contribution in [2.45, 2.75) is 31.0 Å². The zero-order chi connectivity index (χ0) is 20.3. The molecule has 0 spiro atoms. The maximum atomic E-state index is 12.9. The van der Waals surface area contributed by atoms with E-state index in [4.69, 9.17) is 10.00 Å². The van der Waals surface area contributed by atoms with Crippen LogP contribution in [0.5, 0.6) is 0 Å². The number of hydrogen-bond donors (Lipinski definition) is 1. The number of ether oxygens (including phenoxy) is 1. The minimum atomic E-state index is -3.66. The van der Waals surface area contributed by atoms with E-state index in [-0.39, 0.29) is 17.1 Å². The Morgan fingerprint density at radius 2 is 1.71 bits per heavy atom. The van der Waals surface area contributed by atoms with E-state index in [1.807, 2.05) is 19.9 Å². The molecule has 1 aliphatic heterocycles. The highest BCUT2D eigenvalue weighted by Gasteiger charge is 2.32. The van der Waals surface area contributed by atoms with Crippen molar-refractivity contribution in [2.75, 3.05) is 18.4 Å². The van der Waals surface area contributed by atoms with E-state index >= 15 is 0 Å². The molecular weight excluding hydrogens is 378 g/mol. The highest BCUT2D eigenvalue weighted by Crippen LogP contribution is 2.22. The number of rotatable bonds is 4. The zero-order valence-corrected chi connectivity index (χ0v) is 16.4. The zero-order valence-electron chi connectivity index (χ0n) is 15.6. The molecule has 2 aromatic rings. The number of benzene rings is 2. The molecule has 1 fully saturated rings. The van der Waals surface area contributed by atoms with E-state index < -0.39 is 15.9 Å². The maximum absolute atomic E-state index is 12.9. The molecule has 146 valence electrons. The summed E-state index contributed by atoms with van der Waals surface area (Å²) in [4.78, 5) is 12.6. The van der Waals surface area contributed by atoms with Gasteiger partial charge in [0.2, 0.25) is 10.0 Å². The van der Waals surface area contributed by atoms with E-state index in [1.165, 1.54) is 28.6 Å². The van der Waals surface area contributed by atoms with Gasteiger partial charge in [0.25, 0.3) is 5.91 Å². The second-order valence-electron chi connectivity index (χ2n) is 6.72. The van der Waals surface area contributed by atoms with Gasteiger partial charge in [-0.25, -0.2) is 8.42 Å². The fraction of sp³-hybridized carbons (Fsp3) is 0.300. The minimum absolute atomic E-state index is 0.128. The Morgan fingerprint density at radius 3 is 2.32 bits per heavy atom. The second-order valence-corrected chi connectivity index (χ2v) is 8.65.